The van der Waals surface area contributed by atoms with Crippen molar-refractivity contribution in [2.45, 2.75) is 49.7 Å². The van der Waals surface area contributed by atoms with Crippen LogP contribution in [-0.2, 0) is 10.2 Å². The number of phenolic OH excluding ortho intramolecular Hbond substituents is 1. The number of hydrogen-bond acceptors (Lipinski definition) is 5. The van der Waals surface area contributed by atoms with Crippen LogP contribution in [0.2, 0.25) is 0 Å². The highest BCUT2D eigenvalue weighted by molar-refractivity contribution is 5.92. The molecule has 1 aliphatic carbocycles. The van der Waals surface area contributed by atoms with Crippen molar-refractivity contribution in [3.8, 4) is 5.75 Å². The number of amides is 1. The molecule has 2 fully saturated rings. The zero-order chi connectivity index (χ0) is 22.8. The van der Waals surface area contributed by atoms with Gasteiger partial charge in [-0.3, -0.25) is 9.69 Å². The van der Waals surface area contributed by atoms with Crippen LogP contribution in [0.25, 0.3) is 6.08 Å². The van der Waals surface area contributed by atoms with E-state index in [1.807, 2.05) is 31.2 Å². The molecule has 1 aromatic heterocycles. The highest BCUT2D eigenvalue weighted by atomic mass is 16.3. The van der Waals surface area contributed by atoms with E-state index < -0.39 is 11.0 Å². The number of aryl methyl sites for hydroxylation is 1. The molecule has 1 aromatic carbocycles. The SMILES string of the molecule is C=CCN1CC[C@@]2(c3cccc(O)c3)C[C@H](NC(=O)C=Cc3ccoc3C)CC[C@]2(O)C1. The molecule has 1 saturated heterocycles. The maximum Gasteiger partial charge on any atom is 0.244 e. The molecule has 1 aliphatic heterocycles. The minimum atomic E-state index is -0.937. The van der Waals surface area contributed by atoms with Gasteiger partial charge in [-0.25, -0.2) is 0 Å². The average molecular weight is 437 g/mol. The number of β-amino-alcohol motifs (C(OH)–C–C–N with tert-alkyl or cyclic N) is 1. The first kappa shape index (κ1) is 22.4. The van der Waals surface area contributed by atoms with Gasteiger partial charge in [0.05, 0.1) is 11.9 Å². The molecule has 3 atom stereocenters. The van der Waals surface area contributed by atoms with Crippen LogP contribution < -0.4 is 5.32 Å². The lowest BCUT2D eigenvalue weighted by Gasteiger charge is -2.58. The second kappa shape index (κ2) is 8.96. The van der Waals surface area contributed by atoms with Crippen LogP contribution in [0.5, 0.6) is 5.75 Å². The summed E-state index contributed by atoms with van der Waals surface area (Å²) in [5, 5.41) is 25.2. The molecule has 32 heavy (non-hydrogen) atoms. The Kier molecular flexibility index (Phi) is 6.26. The van der Waals surface area contributed by atoms with Gasteiger partial charge >= 0.3 is 0 Å². The summed E-state index contributed by atoms with van der Waals surface area (Å²) < 4.78 is 5.27. The summed E-state index contributed by atoms with van der Waals surface area (Å²) in [6.07, 6.45) is 9.40. The van der Waals surface area contributed by atoms with Gasteiger partial charge in [-0.1, -0.05) is 18.2 Å². The van der Waals surface area contributed by atoms with Crippen molar-refractivity contribution in [1.82, 2.24) is 10.2 Å². The van der Waals surface area contributed by atoms with Crippen molar-refractivity contribution in [3.63, 3.8) is 0 Å². The molecular weight excluding hydrogens is 404 g/mol. The summed E-state index contributed by atoms with van der Waals surface area (Å²) >= 11 is 0. The van der Waals surface area contributed by atoms with Gasteiger partial charge in [-0.2, -0.15) is 0 Å². The molecule has 2 heterocycles. The van der Waals surface area contributed by atoms with E-state index in [4.69, 9.17) is 4.42 Å². The Morgan fingerprint density at radius 2 is 2.22 bits per heavy atom. The van der Waals surface area contributed by atoms with Crippen molar-refractivity contribution >= 4 is 12.0 Å². The number of furan rings is 1. The van der Waals surface area contributed by atoms with Crippen LogP contribution in [0.4, 0.5) is 0 Å². The third-order valence-corrected chi connectivity index (χ3v) is 7.18. The first-order valence-electron chi connectivity index (χ1n) is 11.2. The summed E-state index contributed by atoms with van der Waals surface area (Å²) in [6, 6.07) is 8.99. The van der Waals surface area contributed by atoms with E-state index in [0.29, 0.717) is 25.8 Å². The van der Waals surface area contributed by atoms with Crippen molar-refractivity contribution < 1.29 is 19.4 Å². The van der Waals surface area contributed by atoms with Gasteiger partial charge in [0, 0.05) is 36.2 Å². The number of likely N-dealkylation sites (tertiary alicyclic amines) is 1. The number of nitrogens with one attached hydrogen (secondary N) is 1. The van der Waals surface area contributed by atoms with Gasteiger partial charge < -0.3 is 19.9 Å². The van der Waals surface area contributed by atoms with Crippen LogP contribution in [0, 0.1) is 6.92 Å². The second-order valence-corrected chi connectivity index (χ2v) is 9.15. The predicted octanol–water partition coefficient (Wildman–Crippen LogP) is 3.54. The van der Waals surface area contributed by atoms with E-state index in [-0.39, 0.29) is 17.7 Å². The first-order valence-corrected chi connectivity index (χ1v) is 11.2. The smallest absolute Gasteiger partial charge is 0.244 e. The highest BCUT2D eigenvalue weighted by Gasteiger charge is 2.57. The van der Waals surface area contributed by atoms with Crippen molar-refractivity contribution in [1.29, 1.82) is 0 Å². The Bertz CT molecular complexity index is 1010. The third-order valence-electron chi connectivity index (χ3n) is 7.18. The number of carbonyl (C=O) groups excluding carboxylic acids is 1. The molecule has 0 spiro atoms. The van der Waals surface area contributed by atoms with Gasteiger partial charge in [0.15, 0.2) is 0 Å². The fraction of sp³-hybridized carbons (Fsp3) is 0.423. The monoisotopic (exact) mass is 436 g/mol. The molecule has 6 heteroatoms. The minimum Gasteiger partial charge on any atom is -0.508 e. The van der Waals surface area contributed by atoms with Crippen LogP contribution in [0.3, 0.4) is 0 Å². The fourth-order valence-corrected chi connectivity index (χ4v) is 5.51. The molecule has 0 bridgehead atoms. The summed E-state index contributed by atoms with van der Waals surface area (Å²) in [6.45, 7) is 7.80. The molecule has 0 unspecified atom stereocenters. The van der Waals surface area contributed by atoms with E-state index >= 15 is 0 Å². The molecule has 1 saturated carbocycles. The summed E-state index contributed by atoms with van der Waals surface area (Å²) in [5.41, 5.74) is 0.336. The van der Waals surface area contributed by atoms with Gasteiger partial charge in [0.2, 0.25) is 5.91 Å². The zero-order valence-corrected chi connectivity index (χ0v) is 18.6. The molecule has 1 amide bonds. The number of aliphatic hydroxyl groups is 1. The lowest BCUT2D eigenvalue weighted by atomic mass is 9.55. The maximum atomic E-state index is 12.6. The Morgan fingerprint density at radius 3 is 2.94 bits per heavy atom. The van der Waals surface area contributed by atoms with Crippen LogP contribution in [0.15, 0.2) is 59.7 Å². The standard InChI is InChI=1S/C26H32N2O4/c1-3-13-28-14-12-25(21-5-4-6-23(29)16-21)17-22(9-11-26(25,31)18-28)27-24(30)8-7-20-10-15-32-19(20)2/h3-8,10,15-16,22,29,31H,1,9,11-14,17-18H2,2H3,(H,27,30)/t22-,25+,26+/m1/s1. The zero-order valence-electron chi connectivity index (χ0n) is 18.6. The quantitative estimate of drug-likeness (QED) is 0.476. The molecule has 2 aliphatic rings. The lowest BCUT2D eigenvalue weighted by Crippen LogP contribution is -2.67. The Labute approximate surface area is 189 Å². The summed E-state index contributed by atoms with van der Waals surface area (Å²) in [7, 11) is 0. The van der Waals surface area contributed by atoms with E-state index in [1.54, 1.807) is 24.5 Å². The van der Waals surface area contributed by atoms with Crippen LogP contribution >= 0.6 is 0 Å². The van der Waals surface area contributed by atoms with Gasteiger partial charge in [-0.05, 0) is 69.0 Å². The van der Waals surface area contributed by atoms with Gasteiger partial charge in [0.1, 0.15) is 11.5 Å². The first-order chi connectivity index (χ1) is 15.3. The normalized spacial score (nSPS) is 28.4. The van der Waals surface area contributed by atoms with E-state index in [1.165, 1.54) is 6.08 Å². The molecular formula is C26H32N2O4. The number of fused-ring (bicyclic) bond motifs is 1. The largest absolute Gasteiger partial charge is 0.508 e. The number of carbonyl (C=O) groups is 1. The number of hydrogen-bond donors (Lipinski definition) is 3. The summed E-state index contributed by atoms with van der Waals surface area (Å²) in [4.78, 5) is 14.9. The van der Waals surface area contributed by atoms with Gasteiger partial charge in [0.25, 0.3) is 0 Å². The summed E-state index contributed by atoms with van der Waals surface area (Å²) in [5.74, 6) is 0.805. The molecule has 3 N–H and O–H groups in total. The highest BCUT2D eigenvalue weighted by Crippen LogP contribution is 2.52. The number of benzene rings is 1. The van der Waals surface area contributed by atoms with Crippen molar-refractivity contribution in [3.05, 3.63) is 72.2 Å². The fourth-order valence-electron chi connectivity index (χ4n) is 5.51. The third kappa shape index (κ3) is 4.25. The number of rotatable bonds is 6. The van der Waals surface area contributed by atoms with E-state index in [2.05, 4.69) is 16.8 Å². The molecule has 6 nitrogen and oxygen atoms in total. The molecule has 170 valence electrons. The van der Waals surface area contributed by atoms with E-state index in [0.717, 1.165) is 36.4 Å². The predicted molar refractivity (Wildman–Crippen MR) is 124 cm³/mol. The number of nitrogens with zero attached hydrogens (tertiary/aromatic N) is 1. The van der Waals surface area contributed by atoms with E-state index in [9.17, 15) is 15.0 Å². The van der Waals surface area contributed by atoms with Crippen molar-refractivity contribution in [2.75, 3.05) is 19.6 Å². The van der Waals surface area contributed by atoms with Gasteiger partial charge in [-0.15, -0.1) is 6.58 Å². The van der Waals surface area contributed by atoms with Crippen molar-refractivity contribution in [2.24, 2.45) is 0 Å². The molecule has 2 aromatic rings. The Balaban J connectivity index is 1.56. The maximum absolute atomic E-state index is 12.6. The average Bonchev–Trinajstić information content (AvgIpc) is 3.17. The minimum absolute atomic E-state index is 0.0637. The lowest BCUT2D eigenvalue weighted by molar-refractivity contribution is -0.130. The molecule has 0 radical (unpaired) electrons. The molecule has 4 rings (SSSR count). The number of aromatic hydroxyl groups is 1. The van der Waals surface area contributed by atoms with Crippen LogP contribution in [-0.4, -0.2) is 52.3 Å². The number of piperidine rings is 1. The Morgan fingerprint density at radius 1 is 1.38 bits per heavy atom. The Hall–Kier alpha value is -2.83. The topological polar surface area (TPSA) is 85.9 Å². The van der Waals surface area contributed by atoms with Crippen LogP contribution in [0.1, 0.15) is 42.6 Å². The number of phenols is 1. The second-order valence-electron chi connectivity index (χ2n) is 9.15.